The zero-order valence-electron chi connectivity index (χ0n) is 13.7. The molecule has 0 heterocycles. The lowest BCUT2D eigenvalue weighted by atomic mass is 9.80. The van der Waals surface area contributed by atoms with Gasteiger partial charge in [-0.1, -0.05) is 71.1 Å². The van der Waals surface area contributed by atoms with E-state index in [4.69, 9.17) is 0 Å². The summed E-state index contributed by atoms with van der Waals surface area (Å²) in [6.45, 7) is 2.28. The molecule has 1 N–H and O–H groups in total. The van der Waals surface area contributed by atoms with Crippen LogP contribution in [0.4, 0.5) is 0 Å². The molecular weight excluding hydrogens is 244 g/mol. The van der Waals surface area contributed by atoms with Gasteiger partial charge in [-0.25, -0.2) is 0 Å². The molecule has 0 amide bonds. The first-order valence-electron chi connectivity index (χ1n) is 9.47. The first-order valence-corrected chi connectivity index (χ1v) is 9.47. The molecule has 0 spiro atoms. The van der Waals surface area contributed by atoms with Crippen molar-refractivity contribution < 1.29 is 5.11 Å². The normalized spacial score (nSPS) is 32.1. The number of fused-ring (bicyclic) bond motifs is 2. The van der Waals surface area contributed by atoms with Gasteiger partial charge in [0.05, 0.1) is 5.60 Å². The van der Waals surface area contributed by atoms with Crippen LogP contribution in [0.3, 0.4) is 0 Å². The van der Waals surface area contributed by atoms with Gasteiger partial charge in [-0.2, -0.15) is 0 Å². The van der Waals surface area contributed by atoms with Crippen molar-refractivity contribution in [3.05, 3.63) is 0 Å². The van der Waals surface area contributed by atoms with Gasteiger partial charge in [0.2, 0.25) is 0 Å². The van der Waals surface area contributed by atoms with Crippen LogP contribution in [-0.2, 0) is 0 Å². The van der Waals surface area contributed by atoms with E-state index in [9.17, 15) is 5.11 Å². The number of aliphatic hydroxyl groups is 1. The van der Waals surface area contributed by atoms with E-state index in [1.807, 2.05) is 0 Å². The second kappa shape index (κ2) is 8.41. The standard InChI is InChI=1S/C19H36O/c1-2-3-4-5-6-7-8-9-10-11-14-19(20)16-17-12-13-18(19)15-17/h17-18,20H,2-16H2,1H3. The molecule has 2 aliphatic rings. The number of hydrogen-bond acceptors (Lipinski definition) is 1. The van der Waals surface area contributed by atoms with Gasteiger partial charge >= 0.3 is 0 Å². The van der Waals surface area contributed by atoms with Gasteiger partial charge in [-0.05, 0) is 43.9 Å². The molecule has 1 nitrogen and oxygen atoms in total. The summed E-state index contributed by atoms with van der Waals surface area (Å²) < 4.78 is 0. The maximum atomic E-state index is 10.7. The summed E-state index contributed by atoms with van der Waals surface area (Å²) in [4.78, 5) is 0. The van der Waals surface area contributed by atoms with E-state index in [1.54, 1.807) is 0 Å². The van der Waals surface area contributed by atoms with Crippen LogP contribution in [0.5, 0.6) is 0 Å². The Morgan fingerprint density at radius 1 is 0.850 bits per heavy atom. The summed E-state index contributed by atoms with van der Waals surface area (Å²) in [5, 5.41) is 10.7. The van der Waals surface area contributed by atoms with Crippen molar-refractivity contribution in [1.29, 1.82) is 0 Å². The molecule has 0 saturated heterocycles. The smallest absolute Gasteiger partial charge is 0.0678 e. The third-order valence-corrected chi connectivity index (χ3v) is 5.91. The molecule has 0 aliphatic heterocycles. The molecule has 3 atom stereocenters. The van der Waals surface area contributed by atoms with E-state index >= 15 is 0 Å². The van der Waals surface area contributed by atoms with E-state index in [0.29, 0.717) is 5.92 Å². The van der Waals surface area contributed by atoms with Crippen LogP contribution in [-0.4, -0.2) is 10.7 Å². The fourth-order valence-electron chi connectivity index (χ4n) is 4.64. The van der Waals surface area contributed by atoms with Gasteiger partial charge in [-0.15, -0.1) is 0 Å². The predicted octanol–water partition coefficient (Wildman–Crippen LogP) is 5.85. The van der Waals surface area contributed by atoms with Crippen LogP contribution >= 0.6 is 0 Å². The van der Waals surface area contributed by atoms with E-state index in [0.717, 1.165) is 18.8 Å². The Morgan fingerprint density at radius 2 is 1.45 bits per heavy atom. The van der Waals surface area contributed by atoms with Crippen LogP contribution in [0.15, 0.2) is 0 Å². The molecule has 0 aromatic heterocycles. The third kappa shape index (κ3) is 4.76. The maximum absolute atomic E-state index is 10.7. The summed E-state index contributed by atoms with van der Waals surface area (Å²) in [5.74, 6) is 1.53. The molecular formula is C19H36O. The Bertz CT molecular complexity index is 262. The third-order valence-electron chi connectivity index (χ3n) is 5.91. The SMILES string of the molecule is CCCCCCCCCCCCC1(O)CC2CCC1C2. The topological polar surface area (TPSA) is 20.2 Å². The number of unbranched alkanes of at least 4 members (excludes halogenated alkanes) is 9. The van der Waals surface area contributed by atoms with Gasteiger partial charge in [0.15, 0.2) is 0 Å². The second-order valence-electron chi connectivity index (χ2n) is 7.62. The molecule has 2 aliphatic carbocycles. The highest BCUT2D eigenvalue weighted by molar-refractivity contribution is 5.00. The molecule has 0 aromatic rings. The van der Waals surface area contributed by atoms with Crippen LogP contribution in [0.2, 0.25) is 0 Å². The van der Waals surface area contributed by atoms with Crippen molar-refractivity contribution in [1.82, 2.24) is 0 Å². The van der Waals surface area contributed by atoms with Gasteiger partial charge in [0, 0.05) is 0 Å². The lowest BCUT2D eigenvalue weighted by Crippen LogP contribution is -2.34. The lowest BCUT2D eigenvalue weighted by Gasteiger charge is -2.32. The van der Waals surface area contributed by atoms with Crippen molar-refractivity contribution in [3.8, 4) is 0 Å². The fourth-order valence-corrected chi connectivity index (χ4v) is 4.64. The summed E-state index contributed by atoms with van der Waals surface area (Å²) in [7, 11) is 0. The van der Waals surface area contributed by atoms with Crippen LogP contribution in [0.25, 0.3) is 0 Å². The lowest BCUT2D eigenvalue weighted by molar-refractivity contribution is -0.0225. The van der Waals surface area contributed by atoms with Crippen molar-refractivity contribution in [2.45, 2.75) is 109 Å². The van der Waals surface area contributed by atoms with Gasteiger partial charge in [0.1, 0.15) is 0 Å². The first kappa shape index (κ1) is 16.3. The molecule has 3 unspecified atom stereocenters. The minimum atomic E-state index is -0.247. The second-order valence-corrected chi connectivity index (χ2v) is 7.62. The Labute approximate surface area is 126 Å². The maximum Gasteiger partial charge on any atom is 0.0678 e. The van der Waals surface area contributed by atoms with Crippen LogP contribution in [0.1, 0.15) is 103 Å². The Balaban J connectivity index is 1.41. The summed E-state index contributed by atoms with van der Waals surface area (Å²) >= 11 is 0. The minimum Gasteiger partial charge on any atom is -0.390 e. The Morgan fingerprint density at radius 3 is 1.95 bits per heavy atom. The average Bonchev–Trinajstić information content (AvgIpc) is 3.01. The highest BCUT2D eigenvalue weighted by Gasteiger charge is 2.49. The van der Waals surface area contributed by atoms with Gasteiger partial charge in [0.25, 0.3) is 0 Å². The molecule has 2 saturated carbocycles. The zero-order chi connectivity index (χ0) is 14.3. The van der Waals surface area contributed by atoms with Gasteiger partial charge < -0.3 is 5.11 Å². The Kier molecular flexibility index (Phi) is 6.87. The molecule has 2 fully saturated rings. The van der Waals surface area contributed by atoms with E-state index in [2.05, 4.69) is 6.92 Å². The zero-order valence-corrected chi connectivity index (χ0v) is 13.7. The van der Waals surface area contributed by atoms with Crippen molar-refractivity contribution in [2.24, 2.45) is 11.8 Å². The first-order chi connectivity index (χ1) is 9.74. The monoisotopic (exact) mass is 280 g/mol. The van der Waals surface area contributed by atoms with Crippen molar-refractivity contribution >= 4 is 0 Å². The number of hydrogen-bond donors (Lipinski definition) is 1. The summed E-state index contributed by atoms with van der Waals surface area (Å²) in [6.07, 6.45) is 20.2. The van der Waals surface area contributed by atoms with Crippen molar-refractivity contribution in [2.75, 3.05) is 0 Å². The molecule has 0 aromatic carbocycles. The highest BCUT2D eigenvalue weighted by Crippen LogP contribution is 2.52. The van der Waals surface area contributed by atoms with Gasteiger partial charge in [-0.3, -0.25) is 0 Å². The summed E-state index contributed by atoms with van der Waals surface area (Å²) in [6, 6.07) is 0. The molecule has 1 heteroatoms. The summed E-state index contributed by atoms with van der Waals surface area (Å²) in [5.41, 5.74) is -0.247. The molecule has 118 valence electrons. The van der Waals surface area contributed by atoms with Crippen LogP contribution in [0, 0.1) is 11.8 Å². The van der Waals surface area contributed by atoms with Crippen molar-refractivity contribution in [3.63, 3.8) is 0 Å². The average molecular weight is 280 g/mol. The Hall–Kier alpha value is -0.0400. The predicted molar refractivity (Wildman–Crippen MR) is 86.9 cm³/mol. The van der Waals surface area contributed by atoms with E-state index < -0.39 is 0 Å². The van der Waals surface area contributed by atoms with Crippen LogP contribution < -0.4 is 0 Å². The largest absolute Gasteiger partial charge is 0.390 e. The van der Waals surface area contributed by atoms with E-state index in [-0.39, 0.29) is 5.60 Å². The molecule has 0 radical (unpaired) electrons. The quantitative estimate of drug-likeness (QED) is 0.471. The van der Waals surface area contributed by atoms with E-state index in [1.165, 1.54) is 83.5 Å². The minimum absolute atomic E-state index is 0.247. The fraction of sp³-hybridized carbons (Fsp3) is 1.00. The highest BCUT2D eigenvalue weighted by atomic mass is 16.3. The molecule has 20 heavy (non-hydrogen) atoms. The number of rotatable bonds is 11. The molecule has 2 rings (SSSR count). The molecule has 2 bridgehead atoms.